The molecule has 0 spiro atoms. The molecule has 0 saturated heterocycles. The zero-order valence-electron chi connectivity index (χ0n) is 12.5. The highest BCUT2D eigenvalue weighted by atomic mass is 15.2. The largest absolute Gasteiger partial charge is 0.329 e. The first kappa shape index (κ1) is 14.3. The summed E-state index contributed by atoms with van der Waals surface area (Å²) >= 11 is 0. The summed E-state index contributed by atoms with van der Waals surface area (Å²) in [6.45, 7) is 4.48. The molecule has 0 radical (unpaired) electrons. The van der Waals surface area contributed by atoms with Gasteiger partial charge in [0.15, 0.2) is 0 Å². The van der Waals surface area contributed by atoms with Crippen LogP contribution in [0.15, 0.2) is 0 Å². The Morgan fingerprint density at radius 1 is 1.11 bits per heavy atom. The minimum atomic E-state index is 0.326. The zero-order chi connectivity index (χ0) is 13.0. The third kappa shape index (κ3) is 2.75. The predicted molar refractivity (Wildman–Crippen MR) is 78.6 cm³/mol. The Bertz CT molecular complexity index is 247. The van der Waals surface area contributed by atoms with Gasteiger partial charge in [0.2, 0.25) is 0 Å². The Hall–Kier alpha value is -0.0800. The third-order valence-electron chi connectivity index (χ3n) is 5.79. The number of likely N-dealkylation sites (N-methyl/N-ethyl adjacent to an activating group) is 1. The molecule has 2 saturated carbocycles. The van der Waals surface area contributed by atoms with Gasteiger partial charge in [-0.25, -0.2) is 0 Å². The van der Waals surface area contributed by atoms with Crippen LogP contribution in [0.25, 0.3) is 0 Å². The van der Waals surface area contributed by atoms with E-state index in [2.05, 4.69) is 18.9 Å². The maximum Gasteiger partial charge on any atom is 0.0356 e. The highest BCUT2D eigenvalue weighted by Crippen LogP contribution is 2.42. The molecule has 18 heavy (non-hydrogen) atoms. The maximum atomic E-state index is 6.20. The van der Waals surface area contributed by atoms with Crippen molar-refractivity contribution < 1.29 is 0 Å². The monoisotopic (exact) mass is 252 g/mol. The molecule has 2 unspecified atom stereocenters. The molecule has 0 aliphatic heterocycles. The van der Waals surface area contributed by atoms with Crippen molar-refractivity contribution >= 4 is 0 Å². The van der Waals surface area contributed by atoms with Gasteiger partial charge in [0, 0.05) is 18.6 Å². The summed E-state index contributed by atoms with van der Waals surface area (Å²) in [5.74, 6) is 1.77. The summed E-state index contributed by atoms with van der Waals surface area (Å²) < 4.78 is 0. The lowest BCUT2D eigenvalue weighted by atomic mass is 9.81. The third-order valence-corrected chi connectivity index (χ3v) is 5.79. The smallest absolute Gasteiger partial charge is 0.0356 e. The van der Waals surface area contributed by atoms with Crippen LogP contribution in [0.2, 0.25) is 0 Å². The fourth-order valence-corrected chi connectivity index (χ4v) is 4.58. The fourth-order valence-electron chi connectivity index (χ4n) is 4.58. The van der Waals surface area contributed by atoms with E-state index >= 15 is 0 Å². The van der Waals surface area contributed by atoms with Crippen molar-refractivity contribution in [1.29, 1.82) is 0 Å². The van der Waals surface area contributed by atoms with Crippen LogP contribution >= 0.6 is 0 Å². The molecule has 0 aromatic heterocycles. The fraction of sp³-hybridized carbons (Fsp3) is 1.00. The molecule has 2 heteroatoms. The summed E-state index contributed by atoms with van der Waals surface area (Å²) in [4.78, 5) is 2.66. The quantitative estimate of drug-likeness (QED) is 0.812. The van der Waals surface area contributed by atoms with E-state index in [0.717, 1.165) is 18.4 Å². The topological polar surface area (TPSA) is 29.3 Å². The van der Waals surface area contributed by atoms with Gasteiger partial charge in [0.1, 0.15) is 0 Å². The van der Waals surface area contributed by atoms with E-state index in [9.17, 15) is 0 Å². The number of hydrogen-bond acceptors (Lipinski definition) is 2. The molecular formula is C16H32N2. The number of hydrogen-bond donors (Lipinski definition) is 1. The van der Waals surface area contributed by atoms with Crippen molar-refractivity contribution in [3.8, 4) is 0 Å². The lowest BCUT2D eigenvalue weighted by Crippen LogP contribution is -2.55. The molecule has 2 fully saturated rings. The van der Waals surface area contributed by atoms with Crippen LogP contribution in [-0.2, 0) is 0 Å². The van der Waals surface area contributed by atoms with Crippen LogP contribution in [0.4, 0.5) is 0 Å². The van der Waals surface area contributed by atoms with E-state index < -0.39 is 0 Å². The summed E-state index contributed by atoms with van der Waals surface area (Å²) in [5.41, 5.74) is 6.52. The molecule has 2 atom stereocenters. The number of nitrogens with two attached hydrogens (primary N) is 1. The van der Waals surface area contributed by atoms with Crippen LogP contribution in [0.1, 0.15) is 64.7 Å². The van der Waals surface area contributed by atoms with E-state index in [1.54, 1.807) is 0 Å². The predicted octanol–water partition coefficient (Wildman–Crippen LogP) is 3.41. The second-order valence-corrected chi connectivity index (χ2v) is 6.69. The maximum absolute atomic E-state index is 6.20. The van der Waals surface area contributed by atoms with Gasteiger partial charge in [-0.15, -0.1) is 0 Å². The van der Waals surface area contributed by atoms with Crippen molar-refractivity contribution in [1.82, 2.24) is 4.90 Å². The Morgan fingerprint density at radius 3 is 2.44 bits per heavy atom. The van der Waals surface area contributed by atoms with Gasteiger partial charge in [0.05, 0.1) is 0 Å². The highest BCUT2D eigenvalue weighted by Gasteiger charge is 2.44. The molecule has 0 amide bonds. The van der Waals surface area contributed by atoms with Gasteiger partial charge in [-0.3, -0.25) is 4.90 Å². The first-order valence-electron chi connectivity index (χ1n) is 8.14. The van der Waals surface area contributed by atoms with Crippen LogP contribution in [0.3, 0.4) is 0 Å². The van der Waals surface area contributed by atoms with Crippen LogP contribution in [0, 0.1) is 11.8 Å². The Labute approximate surface area is 113 Å². The number of rotatable bonds is 5. The molecule has 106 valence electrons. The zero-order valence-corrected chi connectivity index (χ0v) is 12.5. The van der Waals surface area contributed by atoms with E-state index in [1.807, 2.05) is 0 Å². The number of nitrogens with zero attached hydrogens (tertiary/aromatic N) is 1. The molecule has 0 aromatic rings. The lowest BCUT2D eigenvalue weighted by Gasteiger charge is -2.44. The second-order valence-electron chi connectivity index (χ2n) is 6.69. The molecule has 2 N–H and O–H groups in total. The van der Waals surface area contributed by atoms with E-state index in [0.29, 0.717) is 5.54 Å². The van der Waals surface area contributed by atoms with E-state index in [1.165, 1.54) is 64.3 Å². The molecule has 0 heterocycles. The molecule has 0 bridgehead atoms. The van der Waals surface area contributed by atoms with Crippen molar-refractivity contribution in [3.05, 3.63) is 0 Å². The second kappa shape index (κ2) is 6.38. The van der Waals surface area contributed by atoms with E-state index in [4.69, 9.17) is 5.73 Å². The molecule has 2 rings (SSSR count). The standard InChI is InChI=1S/C16H32N2/c1-3-15-10-7-11-16(15,13-17)18(2)12-14-8-5-4-6-9-14/h14-15H,3-13,17H2,1-2H3. The average molecular weight is 252 g/mol. The van der Waals surface area contributed by atoms with Crippen LogP contribution in [-0.4, -0.2) is 30.6 Å². The molecule has 2 aliphatic rings. The Balaban J connectivity index is 1.97. The molecular weight excluding hydrogens is 220 g/mol. The minimum Gasteiger partial charge on any atom is -0.329 e. The van der Waals surface area contributed by atoms with Gasteiger partial charge in [-0.05, 0) is 44.6 Å². The van der Waals surface area contributed by atoms with Crippen molar-refractivity contribution in [2.75, 3.05) is 20.1 Å². The molecule has 2 nitrogen and oxygen atoms in total. The van der Waals surface area contributed by atoms with Gasteiger partial charge in [-0.2, -0.15) is 0 Å². The summed E-state index contributed by atoms with van der Waals surface area (Å²) in [6.07, 6.45) is 12.6. The van der Waals surface area contributed by atoms with Gasteiger partial charge in [-0.1, -0.05) is 39.0 Å². The van der Waals surface area contributed by atoms with Gasteiger partial charge < -0.3 is 5.73 Å². The summed E-state index contributed by atoms with van der Waals surface area (Å²) in [6, 6.07) is 0. The minimum absolute atomic E-state index is 0.326. The van der Waals surface area contributed by atoms with Crippen molar-refractivity contribution in [2.24, 2.45) is 17.6 Å². The van der Waals surface area contributed by atoms with Crippen LogP contribution < -0.4 is 5.73 Å². The Morgan fingerprint density at radius 2 is 1.83 bits per heavy atom. The first-order chi connectivity index (χ1) is 8.73. The van der Waals surface area contributed by atoms with Crippen molar-refractivity contribution in [3.63, 3.8) is 0 Å². The average Bonchev–Trinajstić information content (AvgIpc) is 2.84. The SMILES string of the molecule is CCC1CCCC1(CN)N(C)CC1CCCCC1. The van der Waals surface area contributed by atoms with Crippen molar-refractivity contribution in [2.45, 2.75) is 70.3 Å². The summed E-state index contributed by atoms with van der Waals surface area (Å²) in [7, 11) is 2.34. The van der Waals surface area contributed by atoms with E-state index in [-0.39, 0.29) is 0 Å². The highest BCUT2D eigenvalue weighted by molar-refractivity contribution is 5.00. The molecule has 2 aliphatic carbocycles. The Kier molecular flexibility index (Phi) is 5.08. The lowest BCUT2D eigenvalue weighted by molar-refractivity contribution is 0.0598. The van der Waals surface area contributed by atoms with Gasteiger partial charge >= 0.3 is 0 Å². The normalized spacial score (nSPS) is 34.3. The first-order valence-corrected chi connectivity index (χ1v) is 8.14. The van der Waals surface area contributed by atoms with Crippen LogP contribution in [0.5, 0.6) is 0 Å². The molecule has 0 aromatic carbocycles. The van der Waals surface area contributed by atoms with Gasteiger partial charge in [0.25, 0.3) is 0 Å². The summed E-state index contributed by atoms with van der Waals surface area (Å²) in [5, 5.41) is 0.